The van der Waals surface area contributed by atoms with Crippen molar-refractivity contribution < 1.29 is 4.74 Å². The summed E-state index contributed by atoms with van der Waals surface area (Å²) in [5.74, 6) is 0.949. The molecule has 0 saturated heterocycles. The van der Waals surface area contributed by atoms with E-state index >= 15 is 0 Å². The van der Waals surface area contributed by atoms with Gasteiger partial charge in [0.1, 0.15) is 5.75 Å². The molecule has 2 aromatic carbocycles. The molecule has 1 atom stereocenters. The van der Waals surface area contributed by atoms with Crippen LogP contribution in [-0.4, -0.2) is 6.61 Å². The van der Waals surface area contributed by atoms with Gasteiger partial charge in [-0.1, -0.05) is 53.2 Å². The molecule has 1 N–H and O–H groups in total. The molecule has 0 heterocycles. The Morgan fingerprint density at radius 2 is 1.95 bits per heavy atom. The van der Waals surface area contributed by atoms with Gasteiger partial charge in [-0.3, -0.25) is 0 Å². The van der Waals surface area contributed by atoms with Crippen molar-refractivity contribution in [3.8, 4) is 5.75 Å². The third kappa shape index (κ3) is 4.87. The summed E-state index contributed by atoms with van der Waals surface area (Å²) in [6.45, 7) is 5.89. The summed E-state index contributed by atoms with van der Waals surface area (Å²) in [5, 5.41) is 3.55. The zero-order valence-corrected chi connectivity index (χ0v) is 14.2. The van der Waals surface area contributed by atoms with Crippen molar-refractivity contribution in [2.75, 3.05) is 6.61 Å². The van der Waals surface area contributed by atoms with Crippen LogP contribution in [-0.2, 0) is 6.54 Å². The molecule has 0 fully saturated rings. The first-order valence-corrected chi connectivity index (χ1v) is 8.19. The fourth-order valence-corrected chi connectivity index (χ4v) is 2.80. The lowest BCUT2D eigenvalue weighted by Crippen LogP contribution is -2.18. The molecule has 0 bridgehead atoms. The van der Waals surface area contributed by atoms with Gasteiger partial charge in [-0.2, -0.15) is 0 Å². The van der Waals surface area contributed by atoms with E-state index in [1.807, 2.05) is 18.2 Å². The molecule has 21 heavy (non-hydrogen) atoms. The highest BCUT2D eigenvalue weighted by atomic mass is 79.9. The van der Waals surface area contributed by atoms with Crippen molar-refractivity contribution in [1.29, 1.82) is 0 Å². The molecular weight excluding hydrogens is 326 g/mol. The van der Waals surface area contributed by atoms with Crippen LogP contribution < -0.4 is 10.1 Å². The maximum atomic E-state index is 5.67. The van der Waals surface area contributed by atoms with Crippen LogP contribution in [0.25, 0.3) is 0 Å². The van der Waals surface area contributed by atoms with Crippen molar-refractivity contribution in [3.05, 3.63) is 64.1 Å². The minimum Gasteiger partial charge on any atom is -0.494 e. The van der Waals surface area contributed by atoms with Gasteiger partial charge < -0.3 is 10.1 Å². The number of nitrogens with one attached hydrogen (secondary N) is 1. The van der Waals surface area contributed by atoms with Crippen LogP contribution in [0.1, 0.15) is 37.4 Å². The van der Waals surface area contributed by atoms with Gasteiger partial charge in [0.25, 0.3) is 0 Å². The normalized spacial score (nSPS) is 12.1. The first kappa shape index (κ1) is 16.1. The Labute approximate surface area is 135 Å². The minimum absolute atomic E-state index is 0.292. The number of hydrogen-bond donors (Lipinski definition) is 1. The minimum atomic E-state index is 0.292. The van der Waals surface area contributed by atoms with E-state index < -0.39 is 0 Å². The molecule has 0 aromatic heterocycles. The van der Waals surface area contributed by atoms with Gasteiger partial charge in [-0.05, 0) is 42.7 Å². The predicted molar refractivity (Wildman–Crippen MR) is 91.6 cm³/mol. The zero-order chi connectivity index (χ0) is 15.1. The Balaban J connectivity index is 1.95. The maximum Gasteiger partial charge on any atom is 0.119 e. The average molecular weight is 348 g/mol. The number of halogens is 1. The first-order valence-electron chi connectivity index (χ1n) is 7.40. The number of ether oxygens (including phenoxy) is 1. The topological polar surface area (TPSA) is 21.3 Å². The van der Waals surface area contributed by atoms with Crippen LogP contribution in [0.15, 0.2) is 53.0 Å². The van der Waals surface area contributed by atoms with E-state index in [0.29, 0.717) is 6.04 Å². The molecule has 0 aliphatic carbocycles. The maximum absolute atomic E-state index is 5.67. The van der Waals surface area contributed by atoms with Crippen LogP contribution in [0.5, 0.6) is 5.75 Å². The lowest BCUT2D eigenvalue weighted by Gasteiger charge is -2.16. The quantitative estimate of drug-likeness (QED) is 0.753. The van der Waals surface area contributed by atoms with Crippen molar-refractivity contribution in [1.82, 2.24) is 5.32 Å². The number of hydrogen-bond acceptors (Lipinski definition) is 2. The summed E-state index contributed by atoms with van der Waals surface area (Å²) in [6, 6.07) is 16.9. The number of benzene rings is 2. The molecule has 0 aliphatic rings. The van der Waals surface area contributed by atoms with Crippen molar-refractivity contribution in [2.45, 2.75) is 32.9 Å². The molecule has 3 heteroatoms. The van der Waals surface area contributed by atoms with E-state index in [0.717, 1.165) is 29.8 Å². The molecule has 2 rings (SSSR count). The second kappa shape index (κ2) is 8.20. The standard InChI is InChI=1S/C18H22BrNO/c1-3-11-21-16-8-6-7-15(12-16)13-20-14(2)17-9-4-5-10-18(17)19/h4-10,12,14,20H,3,11,13H2,1-2H3/t14-/m0/s1. The second-order valence-electron chi connectivity index (χ2n) is 5.12. The van der Waals surface area contributed by atoms with E-state index in [4.69, 9.17) is 4.74 Å². The molecule has 0 amide bonds. The lowest BCUT2D eigenvalue weighted by molar-refractivity contribution is 0.317. The Morgan fingerprint density at radius 1 is 1.14 bits per heavy atom. The van der Waals surface area contributed by atoms with E-state index in [2.05, 4.69) is 65.4 Å². The summed E-state index contributed by atoms with van der Waals surface area (Å²) < 4.78 is 6.81. The summed E-state index contributed by atoms with van der Waals surface area (Å²) in [4.78, 5) is 0. The smallest absolute Gasteiger partial charge is 0.119 e. The Kier molecular flexibility index (Phi) is 6.27. The lowest BCUT2D eigenvalue weighted by atomic mass is 10.1. The first-order chi connectivity index (χ1) is 10.2. The molecule has 0 unspecified atom stereocenters. The summed E-state index contributed by atoms with van der Waals surface area (Å²) in [7, 11) is 0. The van der Waals surface area contributed by atoms with Crippen LogP contribution in [0.3, 0.4) is 0 Å². The molecule has 0 radical (unpaired) electrons. The average Bonchev–Trinajstić information content (AvgIpc) is 2.51. The zero-order valence-electron chi connectivity index (χ0n) is 12.6. The molecule has 112 valence electrons. The van der Waals surface area contributed by atoms with Gasteiger partial charge in [0.2, 0.25) is 0 Å². The van der Waals surface area contributed by atoms with Gasteiger partial charge in [-0.25, -0.2) is 0 Å². The Morgan fingerprint density at radius 3 is 2.71 bits per heavy atom. The molecule has 2 aromatic rings. The van der Waals surface area contributed by atoms with Gasteiger partial charge in [0, 0.05) is 17.1 Å². The van der Waals surface area contributed by atoms with Crippen LogP contribution in [0.4, 0.5) is 0 Å². The van der Waals surface area contributed by atoms with Crippen molar-refractivity contribution >= 4 is 15.9 Å². The van der Waals surface area contributed by atoms with Gasteiger partial charge in [0.15, 0.2) is 0 Å². The fraction of sp³-hybridized carbons (Fsp3) is 0.333. The fourth-order valence-electron chi connectivity index (χ4n) is 2.17. The third-order valence-corrected chi connectivity index (χ3v) is 4.08. The Bertz CT molecular complexity index is 571. The Hall–Kier alpha value is -1.32. The van der Waals surface area contributed by atoms with Crippen molar-refractivity contribution in [3.63, 3.8) is 0 Å². The third-order valence-electron chi connectivity index (χ3n) is 3.36. The van der Waals surface area contributed by atoms with Crippen LogP contribution in [0, 0.1) is 0 Å². The predicted octanol–water partition coefficient (Wildman–Crippen LogP) is 5.09. The highest BCUT2D eigenvalue weighted by molar-refractivity contribution is 9.10. The van der Waals surface area contributed by atoms with Gasteiger partial charge in [0.05, 0.1) is 6.61 Å². The van der Waals surface area contributed by atoms with E-state index in [1.165, 1.54) is 11.1 Å². The molecule has 0 spiro atoms. The van der Waals surface area contributed by atoms with E-state index in [-0.39, 0.29) is 0 Å². The summed E-state index contributed by atoms with van der Waals surface area (Å²) in [6.07, 6.45) is 1.03. The van der Waals surface area contributed by atoms with Gasteiger partial charge in [-0.15, -0.1) is 0 Å². The highest BCUT2D eigenvalue weighted by Gasteiger charge is 2.08. The summed E-state index contributed by atoms with van der Waals surface area (Å²) >= 11 is 3.60. The van der Waals surface area contributed by atoms with Crippen LogP contribution in [0.2, 0.25) is 0 Å². The summed E-state index contributed by atoms with van der Waals surface area (Å²) in [5.41, 5.74) is 2.51. The van der Waals surface area contributed by atoms with Gasteiger partial charge >= 0.3 is 0 Å². The molecule has 0 aliphatic heterocycles. The van der Waals surface area contributed by atoms with E-state index in [9.17, 15) is 0 Å². The van der Waals surface area contributed by atoms with Crippen molar-refractivity contribution in [2.24, 2.45) is 0 Å². The number of rotatable bonds is 7. The SMILES string of the molecule is CCCOc1cccc(CN[C@@H](C)c2ccccc2Br)c1. The van der Waals surface area contributed by atoms with Crippen LogP contribution >= 0.6 is 15.9 Å². The molecular formula is C18H22BrNO. The van der Waals surface area contributed by atoms with E-state index in [1.54, 1.807) is 0 Å². The molecule has 0 saturated carbocycles. The second-order valence-corrected chi connectivity index (χ2v) is 5.97. The monoisotopic (exact) mass is 347 g/mol. The highest BCUT2D eigenvalue weighted by Crippen LogP contribution is 2.23. The largest absolute Gasteiger partial charge is 0.494 e. The molecule has 2 nitrogen and oxygen atoms in total.